The Bertz CT molecular complexity index is 1460. The number of likely N-dealkylation sites (tertiary alicyclic amines) is 1. The molecule has 4 heterocycles. The highest BCUT2D eigenvalue weighted by atomic mass is 32.1. The average Bonchev–Trinajstić information content (AvgIpc) is 3.59. The summed E-state index contributed by atoms with van der Waals surface area (Å²) in [6.07, 6.45) is -4.86. The van der Waals surface area contributed by atoms with Gasteiger partial charge in [0.05, 0.1) is 17.7 Å². The first-order valence-corrected chi connectivity index (χ1v) is 12.8. The van der Waals surface area contributed by atoms with Crippen LogP contribution in [0.15, 0.2) is 50.6 Å². The molecular formula is C25H24F4N6O2S. The third kappa shape index (κ3) is 5.94. The number of fused-ring (bicyclic) bond motifs is 1. The highest BCUT2D eigenvalue weighted by molar-refractivity contribution is 7.08. The Labute approximate surface area is 219 Å². The third-order valence-corrected chi connectivity index (χ3v) is 6.85. The van der Waals surface area contributed by atoms with Crippen molar-refractivity contribution >= 4 is 39.5 Å². The van der Waals surface area contributed by atoms with Crippen molar-refractivity contribution in [2.75, 3.05) is 20.1 Å². The lowest BCUT2D eigenvalue weighted by Crippen LogP contribution is -2.24. The topological polar surface area (TPSA) is 88.6 Å². The van der Waals surface area contributed by atoms with E-state index < -0.39 is 18.9 Å². The van der Waals surface area contributed by atoms with Crippen LogP contribution in [-0.2, 0) is 13.1 Å². The van der Waals surface area contributed by atoms with Gasteiger partial charge in [-0.2, -0.15) is 29.5 Å². The zero-order chi connectivity index (χ0) is 26.9. The fourth-order valence-corrected chi connectivity index (χ4v) is 5.06. The number of alkyl halides is 4. The number of hydrogen-bond donors (Lipinski definition) is 1. The lowest BCUT2D eigenvalue weighted by molar-refractivity contribution is -0.139. The Hall–Kier alpha value is -3.58. The summed E-state index contributed by atoms with van der Waals surface area (Å²) in [4.78, 5) is 23.0. The highest BCUT2D eigenvalue weighted by Gasteiger charge is 2.31. The van der Waals surface area contributed by atoms with Gasteiger partial charge in [0, 0.05) is 41.6 Å². The van der Waals surface area contributed by atoms with Crippen LogP contribution >= 0.6 is 11.3 Å². The van der Waals surface area contributed by atoms with Crippen molar-refractivity contribution in [2.45, 2.75) is 38.3 Å². The molecule has 0 aliphatic carbocycles. The standard InChI is InChI=1S/C25H24F4N6O2S/c1-34-7-5-17(9-16(26)12-34)31-19-3-2-4-20-18(19)10-21(35(20)14-25(27,28)29)24-32-22(33-37-24)11-30-23(36)15-6-8-38-13-15/h2-4,6,8,10,13,16H,5,7,9,11-12,14H2,1H3,(H,30,36)/t16-/m1/s1. The van der Waals surface area contributed by atoms with Gasteiger partial charge in [0.15, 0.2) is 5.82 Å². The SMILES string of the molecule is CN1CCC(=Nc2cccc3c2cc(-c2nc(CNC(=O)c4ccsc4)no2)n3CC(F)(F)F)C[C@@H](F)C1. The van der Waals surface area contributed by atoms with Crippen LogP contribution in [0.1, 0.15) is 29.0 Å². The second-order valence-corrected chi connectivity index (χ2v) is 9.92. The van der Waals surface area contributed by atoms with E-state index in [0.29, 0.717) is 41.9 Å². The molecule has 0 bridgehead atoms. The van der Waals surface area contributed by atoms with E-state index in [-0.39, 0.29) is 41.8 Å². The summed E-state index contributed by atoms with van der Waals surface area (Å²) in [5.41, 5.74) is 1.93. The number of rotatable bonds is 6. The van der Waals surface area contributed by atoms with Crippen LogP contribution in [0.5, 0.6) is 0 Å². The number of amides is 1. The van der Waals surface area contributed by atoms with Gasteiger partial charge in [0.1, 0.15) is 18.4 Å². The fraction of sp³-hybridized carbons (Fsp3) is 0.360. The quantitative estimate of drug-likeness (QED) is 0.327. The Morgan fingerprint density at radius 2 is 2.16 bits per heavy atom. The Kier molecular flexibility index (Phi) is 7.30. The van der Waals surface area contributed by atoms with E-state index in [1.54, 1.807) is 35.0 Å². The zero-order valence-electron chi connectivity index (χ0n) is 20.3. The molecule has 8 nitrogen and oxygen atoms in total. The molecule has 13 heteroatoms. The van der Waals surface area contributed by atoms with Gasteiger partial charge < -0.3 is 19.3 Å². The molecule has 0 saturated carbocycles. The van der Waals surface area contributed by atoms with Crippen molar-refractivity contribution < 1.29 is 26.9 Å². The monoisotopic (exact) mass is 548 g/mol. The first-order chi connectivity index (χ1) is 18.2. The lowest BCUT2D eigenvalue weighted by Gasteiger charge is -2.12. The van der Waals surface area contributed by atoms with E-state index in [2.05, 4.69) is 20.4 Å². The number of aliphatic imine (C=N–C) groups is 1. The molecule has 0 unspecified atom stereocenters. The molecule has 1 aromatic carbocycles. The molecule has 4 aromatic rings. The molecule has 1 N–H and O–H groups in total. The van der Waals surface area contributed by atoms with Gasteiger partial charge in [-0.25, -0.2) is 4.39 Å². The molecule has 3 aromatic heterocycles. The summed E-state index contributed by atoms with van der Waals surface area (Å²) in [7, 11) is 1.84. The molecule has 1 saturated heterocycles. The molecular weight excluding hydrogens is 524 g/mol. The number of benzene rings is 1. The molecule has 200 valence electrons. The van der Waals surface area contributed by atoms with Crippen LogP contribution in [-0.4, -0.2) is 63.7 Å². The van der Waals surface area contributed by atoms with Crippen molar-refractivity contribution in [3.8, 4) is 11.6 Å². The highest BCUT2D eigenvalue weighted by Crippen LogP contribution is 2.36. The van der Waals surface area contributed by atoms with E-state index in [1.807, 2.05) is 11.9 Å². The molecule has 0 spiro atoms. The number of aromatic nitrogens is 3. The van der Waals surface area contributed by atoms with Crippen LogP contribution in [0.3, 0.4) is 0 Å². The summed E-state index contributed by atoms with van der Waals surface area (Å²) in [6, 6.07) is 8.06. The van der Waals surface area contributed by atoms with Crippen LogP contribution in [0.2, 0.25) is 0 Å². The van der Waals surface area contributed by atoms with Crippen molar-refractivity contribution in [3.63, 3.8) is 0 Å². The number of nitrogens with one attached hydrogen (secondary N) is 1. The van der Waals surface area contributed by atoms with Crippen LogP contribution in [0.25, 0.3) is 22.5 Å². The molecule has 1 fully saturated rings. The van der Waals surface area contributed by atoms with E-state index >= 15 is 0 Å². The van der Waals surface area contributed by atoms with Gasteiger partial charge >= 0.3 is 6.18 Å². The number of carbonyl (C=O) groups is 1. The second-order valence-electron chi connectivity index (χ2n) is 9.14. The number of halogens is 4. The van der Waals surface area contributed by atoms with E-state index in [4.69, 9.17) is 4.52 Å². The molecule has 1 aliphatic rings. The van der Waals surface area contributed by atoms with Crippen molar-refractivity contribution in [1.82, 2.24) is 24.9 Å². The van der Waals surface area contributed by atoms with E-state index in [9.17, 15) is 22.4 Å². The first-order valence-electron chi connectivity index (χ1n) is 11.9. The summed E-state index contributed by atoms with van der Waals surface area (Å²) in [6.45, 7) is -0.392. The number of carbonyl (C=O) groups excluding carboxylic acids is 1. The number of nitrogens with zero attached hydrogens (tertiary/aromatic N) is 5. The molecule has 0 radical (unpaired) electrons. The lowest BCUT2D eigenvalue weighted by atomic mass is 10.1. The summed E-state index contributed by atoms with van der Waals surface area (Å²) >= 11 is 1.38. The van der Waals surface area contributed by atoms with Crippen molar-refractivity contribution in [1.29, 1.82) is 0 Å². The minimum Gasteiger partial charge on any atom is -0.345 e. The van der Waals surface area contributed by atoms with Gasteiger partial charge in [0.25, 0.3) is 11.8 Å². The van der Waals surface area contributed by atoms with E-state index in [1.165, 1.54) is 17.4 Å². The van der Waals surface area contributed by atoms with Gasteiger partial charge in [0.2, 0.25) is 0 Å². The van der Waals surface area contributed by atoms with Crippen LogP contribution < -0.4 is 5.32 Å². The smallest absolute Gasteiger partial charge is 0.345 e. The number of thiophene rings is 1. The molecule has 5 rings (SSSR count). The molecule has 1 aliphatic heterocycles. The van der Waals surface area contributed by atoms with Gasteiger partial charge in [-0.15, -0.1) is 0 Å². The normalized spacial score (nSPS) is 18.2. The van der Waals surface area contributed by atoms with Crippen LogP contribution in [0, 0.1) is 0 Å². The fourth-order valence-electron chi connectivity index (χ4n) is 4.42. The second kappa shape index (κ2) is 10.7. The van der Waals surface area contributed by atoms with Gasteiger partial charge in [-0.3, -0.25) is 9.79 Å². The maximum atomic E-state index is 14.3. The minimum absolute atomic E-state index is 0.0601. The number of hydrogen-bond acceptors (Lipinski definition) is 7. The molecule has 1 amide bonds. The molecule has 1 atom stereocenters. The minimum atomic E-state index is -4.52. The zero-order valence-corrected chi connectivity index (χ0v) is 21.2. The predicted molar refractivity (Wildman–Crippen MR) is 135 cm³/mol. The van der Waals surface area contributed by atoms with Gasteiger partial charge in [-0.1, -0.05) is 11.2 Å². The summed E-state index contributed by atoms with van der Waals surface area (Å²) < 4.78 is 61.4. The first kappa shape index (κ1) is 26.0. The summed E-state index contributed by atoms with van der Waals surface area (Å²) in [5, 5.41) is 10.4. The summed E-state index contributed by atoms with van der Waals surface area (Å²) in [5.74, 6) is -0.332. The van der Waals surface area contributed by atoms with Crippen LogP contribution in [0.4, 0.5) is 23.2 Å². The Morgan fingerprint density at radius 1 is 1.32 bits per heavy atom. The maximum Gasteiger partial charge on any atom is 0.406 e. The van der Waals surface area contributed by atoms with Gasteiger partial charge in [-0.05, 0) is 43.1 Å². The third-order valence-electron chi connectivity index (χ3n) is 6.17. The Balaban J connectivity index is 1.49. The van der Waals surface area contributed by atoms with Crippen molar-refractivity contribution in [3.05, 3.63) is 52.5 Å². The van der Waals surface area contributed by atoms with Crippen molar-refractivity contribution in [2.24, 2.45) is 4.99 Å². The van der Waals surface area contributed by atoms with E-state index in [0.717, 1.165) is 4.57 Å². The average molecular weight is 549 g/mol. The largest absolute Gasteiger partial charge is 0.406 e. The predicted octanol–water partition coefficient (Wildman–Crippen LogP) is 5.38. The Morgan fingerprint density at radius 3 is 2.92 bits per heavy atom. The molecule has 38 heavy (non-hydrogen) atoms. The maximum absolute atomic E-state index is 14.3.